The maximum atomic E-state index is 11.7. The lowest BCUT2D eigenvalue weighted by Gasteiger charge is -2.14. The van der Waals surface area contributed by atoms with E-state index in [2.05, 4.69) is 18.8 Å². The lowest BCUT2D eigenvalue weighted by Crippen LogP contribution is -2.03. The van der Waals surface area contributed by atoms with Crippen LogP contribution in [-0.2, 0) is 6.54 Å². The number of carbonyl (C=O) groups is 1. The minimum absolute atomic E-state index is 0.238. The van der Waals surface area contributed by atoms with Crippen molar-refractivity contribution in [2.45, 2.75) is 26.3 Å². The highest BCUT2D eigenvalue weighted by Crippen LogP contribution is 2.34. The van der Waals surface area contributed by atoms with Gasteiger partial charge in [0, 0.05) is 17.8 Å². The third kappa shape index (κ3) is 2.85. The van der Waals surface area contributed by atoms with Crippen molar-refractivity contribution in [1.29, 1.82) is 0 Å². The molecule has 0 saturated carbocycles. The summed E-state index contributed by atoms with van der Waals surface area (Å²) in [5.41, 5.74) is 3.15. The van der Waals surface area contributed by atoms with Crippen molar-refractivity contribution in [3.8, 4) is 5.75 Å². The summed E-state index contributed by atoms with van der Waals surface area (Å²) in [7, 11) is 1.59. The summed E-state index contributed by atoms with van der Waals surface area (Å²) in [6, 6.07) is 9.50. The van der Waals surface area contributed by atoms with Gasteiger partial charge in [-0.2, -0.15) is 0 Å². The van der Waals surface area contributed by atoms with Gasteiger partial charge in [0.15, 0.2) is 0 Å². The molecule has 0 amide bonds. The third-order valence-corrected chi connectivity index (χ3v) is 4.12. The molecule has 0 spiro atoms. The highest BCUT2D eigenvalue weighted by atomic mass is 16.5. The van der Waals surface area contributed by atoms with E-state index < -0.39 is 5.97 Å². The number of aromatic carboxylic acids is 1. The summed E-state index contributed by atoms with van der Waals surface area (Å²) in [6.45, 7) is 4.70. The van der Waals surface area contributed by atoms with Gasteiger partial charge in [-0.15, -0.1) is 0 Å². The molecular weight excluding hydrogens is 304 g/mol. The van der Waals surface area contributed by atoms with Crippen molar-refractivity contribution in [3.05, 3.63) is 59.5 Å². The van der Waals surface area contributed by atoms with Gasteiger partial charge in [-0.05, 0) is 35.7 Å². The zero-order valence-corrected chi connectivity index (χ0v) is 14.0. The van der Waals surface area contributed by atoms with Gasteiger partial charge in [-0.25, -0.2) is 4.79 Å². The van der Waals surface area contributed by atoms with Crippen LogP contribution in [0.2, 0.25) is 0 Å². The van der Waals surface area contributed by atoms with Gasteiger partial charge in [0.25, 0.3) is 0 Å². The first-order valence-electron chi connectivity index (χ1n) is 7.85. The molecule has 24 heavy (non-hydrogen) atoms. The van der Waals surface area contributed by atoms with Crippen LogP contribution in [0.3, 0.4) is 0 Å². The molecule has 0 atom stereocenters. The first kappa shape index (κ1) is 16.1. The minimum atomic E-state index is -0.942. The fourth-order valence-electron chi connectivity index (χ4n) is 2.96. The Morgan fingerprint density at radius 1 is 1.33 bits per heavy atom. The first-order valence-corrected chi connectivity index (χ1v) is 7.85. The number of aromatic nitrogens is 2. The highest BCUT2D eigenvalue weighted by Gasteiger charge is 2.20. The smallest absolute Gasteiger partial charge is 0.337 e. The molecule has 2 heterocycles. The van der Waals surface area contributed by atoms with Crippen LogP contribution < -0.4 is 4.74 Å². The number of hydrogen-bond acceptors (Lipinski definition) is 3. The van der Waals surface area contributed by atoms with E-state index in [0.717, 1.165) is 16.8 Å². The molecule has 0 aliphatic rings. The molecule has 5 nitrogen and oxygen atoms in total. The molecule has 3 rings (SSSR count). The zero-order valence-electron chi connectivity index (χ0n) is 14.0. The molecule has 0 fully saturated rings. The Bertz CT molecular complexity index is 883. The lowest BCUT2D eigenvalue weighted by molar-refractivity contribution is 0.0699. The highest BCUT2D eigenvalue weighted by molar-refractivity contribution is 6.05. The maximum Gasteiger partial charge on any atom is 0.337 e. The van der Waals surface area contributed by atoms with Gasteiger partial charge in [0.1, 0.15) is 5.75 Å². The molecule has 0 bridgehead atoms. The normalized spacial score (nSPS) is 11.2. The lowest BCUT2D eigenvalue weighted by atomic mass is 9.99. The average molecular weight is 324 g/mol. The molecule has 0 unspecified atom stereocenters. The fourth-order valence-corrected chi connectivity index (χ4v) is 2.96. The minimum Gasteiger partial charge on any atom is -0.497 e. The van der Waals surface area contributed by atoms with Crippen LogP contribution in [-0.4, -0.2) is 27.7 Å². The van der Waals surface area contributed by atoms with E-state index >= 15 is 0 Å². The number of carboxylic acids is 1. The number of ether oxygens (including phenoxy) is 1. The molecule has 2 aromatic heterocycles. The second-order valence-corrected chi connectivity index (χ2v) is 6.06. The Morgan fingerprint density at radius 2 is 2.12 bits per heavy atom. The van der Waals surface area contributed by atoms with Crippen LogP contribution in [0.15, 0.2) is 42.7 Å². The molecule has 0 aliphatic carbocycles. The van der Waals surface area contributed by atoms with Gasteiger partial charge in [0.2, 0.25) is 0 Å². The standard InChI is InChI=1S/C19H20N2O3/c1-12(2)15-8-14(24-3)9-16-17(19(22)23)11-21(18(15)16)10-13-6-4-5-7-20-13/h4-9,11-12H,10H2,1-3H3,(H,22,23). The Hall–Kier alpha value is -2.82. The summed E-state index contributed by atoms with van der Waals surface area (Å²) in [5, 5.41) is 10.3. The number of fused-ring (bicyclic) bond motifs is 1. The van der Waals surface area contributed by atoms with Crippen LogP contribution in [0.1, 0.15) is 41.4 Å². The topological polar surface area (TPSA) is 64.3 Å². The predicted octanol–water partition coefficient (Wildman–Crippen LogP) is 3.91. The van der Waals surface area contributed by atoms with Gasteiger partial charge >= 0.3 is 5.97 Å². The molecule has 3 aromatic rings. The summed E-state index contributed by atoms with van der Waals surface area (Å²) in [5.74, 6) is -0.0337. The van der Waals surface area contributed by atoms with Crippen LogP contribution in [0.4, 0.5) is 0 Å². The third-order valence-electron chi connectivity index (χ3n) is 4.12. The molecular formula is C19H20N2O3. The van der Waals surface area contributed by atoms with Crippen LogP contribution in [0.5, 0.6) is 5.75 Å². The van der Waals surface area contributed by atoms with E-state index in [1.165, 1.54) is 0 Å². The molecule has 0 radical (unpaired) electrons. The van der Waals surface area contributed by atoms with Gasteiger partial charge in [0.05, 0.1) is 30.4 Å². The number of pyridine rings is 1. The second-order valence-electron chi connectivity index (χ2n) is 6.06. The van der Waals surface area contributed by atoms with Gasteiger partial charge in [-0.3, -0.25) is 4.98 Å². The van der Waals surface area contributed by atoms with Crippen molar-refractivity contribution in [2.24, 2.45) is 0 Å². The summed E-state index contributed by atoms with van der Waals surface area (Å²) < 4.78 is 7.33. The largest absolute Gasteiger partial charge is 0.497 e. The average Bonchev–Trinajstić information content (AvgIpc) is 2.93. The van der Waals surface area contributed by atoms with E-state index in [1.54, 1.807) is 25.6 Å². The molecule has 0 aliphatic heterocycles. The molecule has 5 heteroatoms. The number of benzene rings is 1. The van der Waals surface area contributed by atoms with Gasteiger partial charge < -0.3 is 14.4 Å². The van der Waals surface area contributed by atoms with Crippen LogP contribution in [0, 0.1) is 0 Å². The van der Waals surface area contributed by atoms with E-state index in [0.29, 0.717) is 17.7 Å². The number of rotatable bonds is 5. The molecule has 124 valence electrons. The Balaban J connectivity index is 2.27. The van der Waals surface area contributed by atoms with E-state index in [1.807, 2.05) is 28.8 Å². The van der Waals surface area contributed by atoms with Gasteiger partial charge in [-0.1, -0.05) is 19.9 Å². The van der Waals surface area contributed by atoms with Crippen molar-refractivity contribution in [1.82, 2.24) is 9.55 Å². The number of carboxylic acid groups (broad SMARTS) is 1. The Kier molecular flexibility index (Phi) is 4.25. The number of methoxy groups -OCH3 is 1. The quantitative estimate of drug-likeness (QED) is 0.772. The zero-order chi connectivity index (χ0) is 17.3. The first-order chi connectivity index (χ1) is 11.5. The molecule has 1 N–H and O–H groups in total. The Labute approximate surface area is 140 Å². The predicted molar refractivity (Wildman–Crippen MR) is 92.9 cm³/mol. The Morgan fingerprint density at radius 3 is 2.71 bits per heavy atom. The fraction of sp³-hybridized carbons (Fsp3) is 0.263. The van der Waals surface area contributed by atoms with Crippen molar-refractivity contribution < 1.29 is 14.6 Å². The SMILES string of the molecule is COc1cc(C(C)C)c2c(c1)c(C(=O)O)cn2Cc1ccccn1. The van der Waals surface area contributed by atoms with Crippen molar-refractivity contribution in [3.63, 3.8) is 0 Å². The van der Waals surface area contributed by atoms with Crippen LogP contribution in [0.25, 0.3) is 10.9 Å². The monoisotopic (exact) mass is 324 g/mol. The molecule has 1 aromatic carbocycles. The molecule has 0 saturated heterocycles. The summed E-state index contributed by atoms with van der Waals surface area (Å²) in [4.78, 5) is 16.0. The maximum absolute atomic E-state index is 11.7. The number of nitrogens with zero attached hydrogens (tertiary/aromatic N) is 2. The second kappa shape index (κ2) is 6.35. The van der Waals surface area contributed by atoms with Crippen molar-refractivity contribution in [2.75, 3.05) is 7.11 Å². The van der Waals surface area contributed by atoms with Crippen LogP contribution >= 0.6 is 0 Å². The summed E-state index contributed by atoms with van der Waals surface area (Å²) in [6.07, 6.45) is 3.43. The summed E-state index contributed by atoms with van der Waals surface area (Å²) >= 11 is 0. The van der Waals surface area contributed by atoms with E-state index in [4.69, 9.17) is 4.74 Å². The number of hydrogen-bond donors (Lipinski definition) is 1. The van der Waals surface area contributed by atoms with E-state index in [9.17, 15) is 9.90 Å². The van der Waals surface area contributed by atoms with E-state index in [-0.39, 0.29) is 11.5 Å². The van der Waals surface area contributed by atoms with Crippen molar-refractivity contribution >= 4 is 16.9 Å².